The van der Waals surface area contributed by atoms with Gasteiger partial charge >= 0.3 is 32.7 Å². The van der Waals surface area contributed by atoms with Gasteiger partial charge in [0.2, 0.25) is 5.95 Å². The van der Waals surface area contributed by atoms with Gasteiger partial charge in [-0.1, -0.05) is 18.2 Å². The molecule has 5 nitrogen and oxygen atoms in total. The number of hydrogen-bond acceptors (Lipinski definition) is 5. The maximum absolute atomic E-state index is 5.71. The van der Waals surface area contributed by atoms with E-state index in [9.17, 15) is 0 Å². The SMILES string of the molecule is Cc1nc(NC(C)COc2ccccc2)nc([C-](C)C)n1.[Y+3]. The Kier molecular flexibility index (Phi) is 7.76. The predicted molar refractivity (Wildman–Crippen MR) is 83.3 cm³/mol. The van der Waals surface area contributed by atoms with Crippen LogP contribution in [-0.2, 0) is 32.7 Å². The number of nitrogens with one attached hydrogen (secondary N) is 1. The van der Waals surface area contributed by atoms with Crippen molar-refractivity contribution in [3.63, 3.8) is 0 Å². The Bertz CT molecular complexity index is 578. The minimum Gasteiger partial charge on any atom is -0.491 e. The van der Waals surface area contributed by atoms with Gasteiger partial charge in [-0.25, -0.2) is 4.98 Å². The molecule has 0 amide bonds. The molecule has 1 aromatic carbocycles. The molecule has 0 saturated heterocycles. The summed E-state index contributed by atoms with van der Waals surface area (Å²) in [6, 6.07) is 9.84. The number of anilines is 1. The van der Waals surface area contributed by atoms with E-state index >= 15 is 0 Å². The molecule has 1 heterocycles. The number of aryl methyl sites for hydroxylation is 1. The Morgan fingerprint density at radius 1 is 1.14 bits per heavy atom. The maximum Gasteiger partial charge on any atom is 3.00 e. The molecular weight excluding hydrogens is 353 g/mol. The van der Waals surface area contributed by atoms with Gasteiger partial charge in [0.15, 0.2) is 0 Å². The number of rotatable bonds is 6. The van der Waals surface area contributed by atoms with Crippen molar-refractivity contribution in [2.45, 2.75) is 33.7 Å². The molecular formula is C16H21N4OY+2. The molecule has 112 valence electrons. The van der Waals surface area contributed by atoms with Crippen LogP contribution in [-0.4, -0.2) is 27.6 Å². The molecule has 0 saturated carbocycles. The fourth-order valence-corrected chi connectivity index (χ4v) is 1.77. The summed E-state index contributed by atoms with van der Waals surface area (Å²) in [5.41, 5.74) is 0. The van der Waals surface area contributed by atoms with Gasteiger partial charge in [-0.15, -0.1) is 0 Å². The van der Waals surface area contributed by atoms with Gasteiger partial charge in [-0.2, -0.15) is 18.8 Å². The van der Waals surface area contributed by atoms with E-state index in [1.807, 2.05) is 58.0 Å². The van der Waals surface area contributed by atoms with Gasteiger partial charge in [0.05, 0.1) is 6.04 Å². The largest absolute Gasteiger partial charge is 3.00 e. The van der Waals surface area contributed by atoms with Crippen LogP contribution in [0.15, 0.2) is 30.3 Å². The third kappa shape index (κ3) is 5.89. The summed E-state index contributed by atoms with van der Waals surface area (Å²) >= 11 is 0. The van der Waals surface area contributed by atoms with Crippen molar-refractivity contribution in [2.75, 3.05) is 11.9 Å². The van der Waals surface area contributed by atoms with Gasteiger partial charge in [0.25, 0.3) is 0 Å². The first-order valence-electron chi connectivity index (χ1n) is 7.02. The van der Waals surface area contributed by atoms with Crippen LogP contribution in [0.2, 0.25) is 0 Å². The zero-order valence-corrected chi connectivity index (χ0v) is 16.3. The van der Waals surface area contributed by atoms with Gasteiger partial charge in [0, 0.05) is 5.82 Å². The van der Waals surface area contributed by atoms with Gasteiger partial charge in [-0.3, -0.25) is 4.98 Å². The van der Waals surface area contributed by atoms with Crippen LogP contribution >= 0.6 is 0 Å². The summed E-state index contributed by atoms with van der Waals surface area (Å²) in [6.07, 6.45) is 0. The van der Waals surface area contributed by atoms with Crippen LogP contribution in [0.5, 0.6) is 5.75 Å². The molecule has 0 fully saturated rings. The Morgan fingerprint density at radius 3 is 2.45 bits per heavy atom. The summed E-state index contributed by atoms with van der Waals surface area (Å²) in [5.74, 6) is 3.94. The number of hydrogen-bond donors (Lipinski definition) is 1. The minimum atomic E-state index is 0. The number of ether oxygens (including phenoxy) is 1. The summed E-state index contributed by atoms with van der Waals surface area (Å²) in [7, 11) is 0. The van der Waals surface area contributed by atoms with Crippen LogP contribution in [0.1, 0.15) is 32.4 Å². The van der Waals surface area contributed by atoms with Crippen molar-refractivity contribution < 1.29 is 37.4 Å². The summed E-state index contributed by atoms with van der Waals surface area (Å²) in [6.45, 7) is 8.41. The van der Waals surface area contributed by atoms with Crippen molar-refractivity contribution in [3.05, 3.63) is 47.9 Å². The smallest absolute Gasteiger partial charge is 0.491 e. The molecule has 0 aliphatic carbocycles. The Balaban J connectivity index is 0.00000242. The normalized spacial score (nSPS) is 11.3. The second kappa shape index (κ2) is 9.06. The first kappa shape index (κ1) is 18.9. The quantitative estimate of drug-likeness (QED) is 0.788. The monoisotopic (exact) mass is 374 g/mol. The van der Waals surface area contributed by atoms with Crippen LogP contribution in [0.3, 0.4) is 0 Å². The van der Waals surface area contributed by atoms with Gasteiger partial charge in [0.1, 0.15) is 18.2 Å². The van der Waals surface area contributed by atoms with E-state index in [0.29, 0.717) is 18.4 Å². The summed E-state index contributed by atoms with van der Waals surface area (Å²) < 4.78 is 5.71. The second-order valence-corrected chi connectivity index (χ2v) is 5.20. The first-order chi connectivity index (χ1) is 10.0. The molecule has 1 atom stereocenters. The molecule has 1 unspecified atom stereocenters. The fourth-order valence-electron chi connectivity index (χ4n) is 1.77. The Hall–Kier alpha value is -1.20. The van der Waals surface area contributed by atoms with E-state index < -0.39 is 0 Å². The van der Waals surface area contributed by atoms with Crippen LogP contribution in [0, 0.1) is 12.8 Å². The van der Waals surface area contributed by atoms with Gasteiger partial charge in [-0.05, 0) is 26.0 Å². The molecule has 2 aromatic rings. The molecule has 22 heavy (non-hydrogen) atoms. The zero-order chi connectivity index (χ0) is 15.2. The van der Waals surface area contributed by atoms with E-state index in [1.54, 1.807) is 0 Å². The maximum atomic E-state index is 5.71. The molecule has 1 N–H and O–H groups in total. The van der Waals surface area contributed by atoms with Crippen LogP contribution in [0.4, 0.5) is 5.95 Å². The topological polar surface area (TPSA) is 59.9 Å². The van der Waals surface area contributed by atoms with Crippen molar-refractivity contribution in [3.8, 4) is 5.75 Å². The van der Waals surface area contributed by atoms with Gasteiger partial charge < -0.3 is 16.0 Å². The summed E-state index contributed by atoms with van der Waals surface area (Å²) in [4.78, 5) is 13.0. The average molecular weight is 374 g/mol. The standard InChI is InChI=1S/C16H21N4O.Y/c1-11(2)15-18-13(4)19-16(20-15)17-12(3)10-21-14-8-6-5-7-9-14;/h5-9,12H,10H2,1-4H3,(H,17,18,19,20);/q-1;+3. The second-order valence-electron chi connectivity index (χ2n) is 5.20. The fraction of sp³-hybridized carbons (Fsp3) is 0.375. The first-order valence-corrected chi connectivity index (χ1v) is 7.02. The van der Waals surface area contributed by atoms with Crippen molar-refractivity contribution in [1.29, 1.82) is 0 Å². The molecule has 0 aliphatic rings. The average Bonchev–Trinajstić information content (AvgIpc) is 2.45. The van der Waals surface area contributed by atoms with Crippen LogP contribution in [0.25, 0.3) is 0 Å². The molecule has 6 heteroatoms. The number of benzene rings is 1. The van der Waals surface area contributed by atoms with Crippen molar-refractivity contribution >= 4 is 5.95 Å². The van der Waals surface area contributed by atoms with Crippen molar-refractivity contribution in [2.24, 2.45) is 0 Å². The van der Waals surface area contributed by atoms with E-state index in [2.05, 4.69) is 20.3 Å². The number of para-hydroxylation sites is 1. The molecule has 2 rings (SSSR count). The van der Waals surface area contributed by atoms with Crippen molar-refractivity contribution in [1.82, 2.24) is 15.0 Å². The van der Waals surface area contributed by atoms with E-state index in [4.69, 9.17) is 4.74 Å². The third-order valence-electron chi connectivity index (χ3n) is 2.81. The van der Waals surface area contributed by atoms with E-state index in [1.165, 1.54) is 0 Å². The third-order valence-corrected chi connectivity index (χ3v) is 2.81. The van der Waals surface area contributed by atoms with E-state index in [0.717, 1.165) is 17.5 Å². The molecule has 1 aromatic heterocycles. The zero-order valence-electron chi connectivity index (χ0n) is 13.5. The minimum absolute atomic E-state index is 0. The molecule has 0 radical (unpaired) electrons. The number of aromatic nitrogens is 3. The van der Waals surface area contributed by atoms with Crippen LogP contribution < -0.4 is 10.1 Å². The molecule has 0 aliphatic heterocycles. The Morgan fingerprint density at radius 2 is 1.82 bits per heavy atom. The summed E-state index contributed by atoms with van der Waals surface area (Å²) in [5, 5.41) is 3.25. The predicted octanol–water partition coefficient (Wildman–Crippen LogP) is 3.02. The van der Waals surface area contributed by atoms with E-state index in [-0.39, 0.29) is 38.8 Å². The molecule has 0 spiro atoms. The Labute approximate surface area is 157 Å². The number of nitrogens with zero attached hydrogens (tertiary/aromatic N) is 3. The molecule has 0 bridgehead atoms.